The number of anilines is 1. The van der Waals surface area contributed by atoms with E-state index in [9.17, 15) is 4.39 Å². The fourth-order valence-electron chi connectivity index (χ4n) is 2.98. The van der Waals surface area contributed by atoms with Crippen LogP contribution in [0, 0.1) is 5.82 Å². The van der Waals surface area contributed by atoms with Crippen LogP contribution in [0.25, 0.3) is 0 Å². The van der Waals surface area contributed by atoms with Crippen LogP contribution in [0.2, 0.25) is 0 Å². The van der Waals surface area contributed by atoms with Crippen molar-refractivity contribution in [3.8, 4) is 0 Å². The molecule has 2 heterocycles. The summed E-state index contributed by atoms with van der Waals surface area (Å²) in [5.41, 5.74) is 0.942. The first-order valence-electron chi connectivity index (χ1n) is 7.96. The van der Waals surface area contributed by atoms with Gasteiger partial charge in [0, 0.05) is 38.3 Å². The molecule has 0 saturated carbocycles. The molecule has 2 rings (SSSR count). The minimum Gasteiger partial charge on any atom is -0.356 e. The normalized spacial score (nSPS) is 17.1. The summed E-state index contributed by atoms with van der Waals surface area (Å²) in [7, 11) is 2.09. The number of hydrogen-bond donors (Lipinski definition) is 1. The van der Waals surface area contributed by atoms with Crippen LogP contribution in [0.15, 0.2) is 12.3 Å². The summed E-state index contributed by atoms with van der Waals surface area (Å²) in [5, 5.41) is 3.26. The summed E-state index contributed by atoms with van der Waals surface area (Å²) in [6, 6.07) is 2.09. The summed E-state index contributed by atoms with van der Waals surface area (Å²) in [5.74, 6) is 0.646. The van der Waals surface area contributed by atoms with Gasteiger partial charge in [-0.25, -0.2) is 9.37 Å². The van der Waals surface area contributed by atoms with Crippen molar-refractivity contribution in [1.29, 1.82) is 0 Å². The third kappa shape index (κ3) is 4.14. The Balaban J connectivity index is 2.09. The van der Waals surface area contributed by atoms with Crippen LogP contribution in [0.4, 0.5) is 10.2 Å². The molecule has 1 aromatic rings. The number of nitrogens with one attached hydrogen (secondary N) is 1. The minimum absolute atomic E-state index is 0.263. The van der Waals surface area contributed by atoms with Crippen molar-refractivity contribution in [1.82, 2.24) is 15.2 Å². The van der Waals surface area contributed by atoms with E-state index in [2.05, 4.69) is 41.0 Å². The van der Waals surface area contributed by atoms with Crippen LogP contribution >= 0.6 is 0 Å². The molecular formula is C16H27FN4. The molecule has 0 aromatic carbocycles. The molecule has 0 unspecified atom stereocenters. The predicted molar refractivity (Wildman–Crippen MR) is 85.1 cm³/mol. The molecule has 1 saturated heterocycles. The second kappa shape index (κ2) is 7.71. The highest BCUT2D eigenvalue weighted by atomic mass is 19.1. The molecule has 0 atom stereocenters. The van der Waals surface area contributed by atoms with Crippen LogP contribution in [0.1, 0.15) is 32.3 Å². The lowest BCUT2D eigenvalue weighted by molar-refractivity contribution is 0.220. The lowest BCUT2D eigenvalue weighted by Gasteiger charge is -2.37. The monoisotopic (exact) mass is 294 g/mol. The van der Waals surface area contributed by atoms with Gasteiger partial charge < -0.3 is 15.1 Å². The van der Waals surface area contributed by atoms with E-state index in [1.165, 1.54) is 6.20 Å². The average Bonchev–Trinajstić information content (AvgIpc) is 2.52. The maximum Gasteiger partial charge on any atom is 0.141 e. The van der Waals surface area contributed by atoms with Gasteiger partial charge in [-0.1, -0.05) is 13.8 Å². The largest absolute Gasteiger partial charge is 0.356 e. The lowest BCUT2D eigenvalue weighted by Crippen LogP contribution is -2.44. The summed E-state index contributed by atoms with van der Waals surface area (Å²) in [6.45, 7) is 9.18. The van der Waals surface area contributed by atoms with Crippen molar-refractivity contribution in [3.05, 3.63) is 23.6 Å². The van der Waals surface area contributed by atoms with Gasteiger partial charge in [-0.15, -0.1) is 0 Å². The summed E-state index contributed by atoms with van der Waals surface area (Å²) in [4.78, 5) is 9.05. The zero-order valence-electron chi connectivity index (χ0n) is 13.4. The third-order valence-corrected chi connectivity index (χ3v) is 4.36. The fraction of sp³-hybridized carbons (Fsp3) is 0.688. The topological polar surface area (TPSA) is 31.4 Å². The Morgan fingerprint density at radius 3 is 2.71 bits per heavy atom. The van der Waals surface area contributed by atoms with Crippen LogP contribution in [0.3, 0.4) is 0 Å². The van der Waals surface area contributed by atoms with E-state index in [1.54, 1.807) is 6.07 Å². The van der Waals surface area contributed by atoms with E-state index in [0.29, 0.717) is 12.6 Å². The summed E-state index contributed by atoms with van der Waals surface area (Å²) in [6.07, 6.45) is 3.61. The first-order valence-corrected chi connectivity index (χ1v) is 7.96. The van der Waals surface area contributed by atoms with Gasteiger partial charge in [-0.2, -0.15) is 0 Å². The molecule has 21 heavy (non-hydrogen) atoms. The molecule has 0 amide bonds. The summed E-state index contributed by atoms with van der Waals surface area (Å²) >= 11 is 0. The Labute approximate surface area is 127 Å². The van der Waals surface area contributed by atoms with E-state index < -0.39 is 0 Å². The Morgan fingerprint density at radius 1 is 1.38 bits per heavy atom. The van der Waals surface area contributed by atoms with Crippen molar-refractivity contribution in [3.63, 3.8) is 0 Å². The average molecular weight is 294 g/mol. The molecule has 1 N–H and O–H groups in total. The van der Waals surface area contributed by atoms with E-state index in [4.69, 9.17) is 0 Å². The molecule has 1 fully saturated rings. The molecule has 5 heteroatoms. The van der Waals surface area contributed by atoms with Crippen LogP contribution in [-0.2, 0) is 6.54 Å². The molecule has 4 nitrogen and oxygen atoms in total. The maximum absolute atomic E-state index is 13.5. The Kier molecular flexibility index (Phi) is 5.94. The quantitative estimate of drug-likeness (QED) is 0.872. The third-order valence-electron chi connectivity index (χ3n) is 4.36. The second-order valence-corrected chi connectivity index (χ2v) is 5.69. The molecule has 0 bridgehead atoms. The second-order valence-electron chi connectivity index (χ2n) is 5.69. The fourth-order valence-corrected chi connectivity index (χ4v) is 2.98. The number of hydrogen-bond acceptors (Lipinski definition) is 4. The van der Waals surface area contributed by atoms with E-state index in [-0.39, 0.29) is 5.82 Å². The van der Waals surface area contributed by atoms with Crippen molar-refractivity contribution < 1.29 is 4.39 Å². The van der Waals surface area contributed by atoms with Crippen molar-refractivity contribution in [2.24, 2.45) is 0 Å². The van der Waals surface area contributed by atoms with Gasteiger partial charge in [-0.05, 0) is 32.0 Å². The standard InChI is InChI=1S/C16H27FN4/c1-4-18-11-13-10-14(17)12-19-16(13)20(3)15-6-8-21(5-2)9-7-15/h10,12,15,18H,4-9,11H2,1-3H3. The van der Waals surface area contributed by atoms with Gasteiger partial charge in [0.05, 0.1) is 6.20 Å². The highest BCUT2D eigenvalue weighted by Gasteiger charge is 2.24. The van der Waals surface area contributed by atoms with E-state index >= 15 is 0 Å². The number of pyridine rings is 1. The van der Waals surface area contributed by atoms with Crippen LogP contribution < -0.4 is 10.2 Å². The SMILES string of the molecule is CCNCc1cc(F)cnc1N(C)C1CCN(CC)CC1. The van der Waals surface area contributed by atoms with Gasteiger partial charge in [0.15, 0.2) is 0 Å². The highest BCUT2D eigenvalue weighted by molar-refractivity contribution is 5.47. The zero-order valence-corrected chi connectivity index (χ0v) is 13.4. The molecular weight excluding hydrogens is 267 g/mol. The Bertz CT molecular complexity index is 444. The first-order chi connectivity index (χ1) is 10.2. The van der Waals surface area contributed by atoms with E-state index in [1.807, 2.05) is 0 Å². The molecule has 0 radical (unpaired) electrons. The van der Waals surface area contributed by atoms with Crippen LogP contribution in [-0.4, -0.2) is 49.2 Å². The Morgan fingerprint density at radius 2 is 2.10 bits per heavy atom. The lowest BCUT2D eigenvalue weighted by atomic mass is 10.0. The molecule has 1 aromatic heterocycles. The highest BCUT2D eigenvalue weighted by Crippen LogP contribution is 2.24. The van der Waals surface area contributed by atoms with Gasteiger partial charge in [0.25, 0.3) is 0 Å². The van der Waals surface area contributed by atoms with Gasteiger partial charge in [-0.3, -0.25) is 0 Å². The first kappa shape index (κ1) is 16.2. The molecule has 0 aliphatic carbocycles. The molecule has 1 aliphatic rings. The van der Waals surface area contributed by atoms with Crippen molar-refractivity contribution >= 4 is 5.82 Å². The molecule has 118 valence electrons. The van der Waals surface area contributed by atoms with Crippen molar-refractivity contribution in [2.45, 2.75) is 39.3 Å². The predicted octanol–water partition coefficient (Wildman–Crippen LogP) is 2.25. The number of nitrogens with zero attached hydrogens (tertiary/aromatic N) is 3. The number of halogens is 1. The van der Waals surface area contributed by atoms with E-state index in [0.717, 1.165) is 50.4 Å². The number of aromatic nitrogens is 1. The number of likely N-dealkylation sites (tertiary alicyclic amines) is 1. The smallest absolute Gasteiger partial charge is 0.141 e. The maximum atomic E-state index is 13.5. The van der Waals surface area contributed by atoms with Crippen molar-refractivity contribution in [2.75, 3.05) is 38.1 Å². The minimum atomic E-state index is -0.263. The van der Waals surface area contributed by atoms with Gasteiger partial charge in [0.1, 0.15) is 11.6 Å². The zero-order chi connectivity index (χ0) is 15.2. The number of rotatable bonds is 6. The number of piperidine rings is 1. The van der Waals surface area contributed by atoms with Crippen LogP contribution in [0.5, 0.6) is 0 Å². The summed E-state index contributed by atoms with van der Waals surface area (Å²) < 4.78 is 13.5. The Hall–Kier alpha value is -1.20. The molecule has 1 aliphatic heterocycles. The van der Waals surface area contributed by atoms with Gasteiger partial charge in [0.2, 0.25) is 0 Å². The van der Waals surface area contributed by atoms with Gasteiger partial charge >= 0.3 is 0 Å². The molecule has 0 spiro atoms.